The van der Waals surface area contributed by atoms with E-state index >= 15 is 0 Å². The van der Waals surface area contributed by atoms with E-state index in [1.165, 1.54) is 0 Å². The molecule has 0 atom stereocenters. The molecule has 1 aliphatic heterocycles. The second-order valence-corrected chi connectivity index (χ2v) is 9.27. The molecular formula is C31H24N8O. The van der Waals surface area contributed by atoms with Crippen LogP contribution < -0.4 is 5.32 Å². The third-order valence-corrected chi connectivity index (χ3v) is 6.60. The van der Waals surface area contributed by atoms with Crippen LogP contribution in [0.1, 0.15) is 11.3 Å². The largest absolute Gasteiger partial charge is 0.489 e. The Morgan fingerprint density at radius 3 is 2.67 bits per heavy atom. The summed E-state index contributed by atoms with van der Waals surface area (Å²) in [5.74, 6) is 1.40. The summed E-state index contributed by atoms with van der Waals surface area (Å²) in [6.07, 6.45) is 13.3. The summed E-state index contributed by atoms with van der Waals surface area (Å²) in [6, 6.07) is 19.8. The fourth-order valence-corrected chi connectivity index (χ4v) is 4.63. The van der Waals surface area contributed by atoms with Crippen LogP contribution in [0.15, 0.2) is 109 Å². The lowest BCUT2D eigenvalue weighted by molar-refractivity contribution is 0.211. The zero-order valence-corrected chi connectivity index (χ0v) is 21.4. The van der Waals surface area contributed by atoms with Crippen molar-refractivity contribution >= 4 is 27.5 Å². The Bertz CT molecular complexity index is 1900. The van der Waals surface area contributed by atoms with Crippen LogP contribution >= 0.6 is 0 Å². The van der Waals surface area contributed by atoms with Crippen LogP contribution in [0, 0.1) is 0 Å². The summed E-state index contributed by atoms with van der Waals surface area (Å²) in [6.45, 7) is 1.16. The molecule has 194 valence electrons. The monoisotopic (exact) mass is 524 g/mol. The summed E-state index contributed by atoms with van der Waals surface area (Å²) < 4.78 is 6.14. The Morgan fingerprint density at radius 1 is 0.850 bits per heavy atom. The lowest BCUT2D eigenvalue weighted by Gasteiger charge is -2.12. The topological polar surface area (TPSA) is 117 Å². The zero-order valence-electron chi connectivity index (χ0n) is 21.4. The molecule has 0 radical (unpaired) electrons. The number of pyridine rings is 3. The molecule has 0 bridgehead atoms. The number of imidazole rings is 1. The highest BCUT2D eigenvalue weighted by Gasteiger charge is 2.17. The number of rotatable bonds is 6. The van der Waals surface area contributed by atoms with Gasteiger partial charge in [0.15, 0.2) is 5.82 Å². The second-order valence-electron chi connectivity index (χ2n) is 9.27. The highest BCUT2D eigenvalue weighted by atomic mass is 16.5. The van der Waals surface area contributed by atoms with Crippen LogP contribution in [0.3, 0.4) is 0 Å². The van der Waals surface area contributed by atoms with Crippen LogP contribution in [-0.4, -0.2) is 41.7 Å². The molecule has 0 fully saturated rings. The Labute approximate surface area is 229 Å². The average Bonchev–Trinajstić information content (AvgIpc) is 3.61. The van der Waals surface area contributed by atoms with Crippen molar-refractivity contribution < 1.29 is 4.74 Å². The van der Waals surface area contributed by atoms with E-state index in [1.807, 2.05) is 73.0 Å². The normalized spacial score (nSPS) is 16.8. The van der Waals surface area contributed by atoms with Gasteiger partial charge in [-0.2, -0.15) is 5.10 Å². The highest BCUT2D eigenvalue weighted by molar-refractivity contribution is 5.96. The fourth-order valence-electron chi connectivity index (χ4n) is 4.63. The number of benzene rings is 1. The van der Waals surface area contributed by atoms with Crippen molar-refractivity contribution in [3.63, 3.8) is 0 Å². The van der Waals surface area contributed by atoms with Gasteiger partial charge in [-0.05, 0) is 42.0 Å². The molecular weight excluding hydrogens is 500 g/mol. The summed E-state index contributed by atoms with van der Waals surface area (Å²) in [5.41, 5.74) is 7.38. The number of H-pyrrole nitrogens is 2. The average molecular weight is 525 g/mol. The first-order valence-corrected chi connectivity index (χ1v) is 12.9. The van der Waals surface area contributed by atoms with E-state index in [0.717, 1.165) is 55.9 Å². The zero-order chi connectivity index (χ0) is 26.7. The van der Waals surface area contributed by atoms with Gasteiger partial charge in [-0.1, -0.05) is 42.5 Å². The number of hydrogen-bond donors (Lipinski definition) is 3. The smallest absolute Gasteiger partial charge is 0.159 e. The Balaban J connectivity index is 1.25. The standard InChI is InChI=1S/C31H24N8O/c1-2-7-20(8-3-1)19-40-22-9-6-12-32-17-21(15-22)26-16-23-27(18-35-26)38-39-28(23)31-36-25-11-14-34-29(30(25)37-31)24-10-4-5-13-33-24/h1-11,13-18,32H,12,19H2,(H,36,37)(H,38,39)/b9-6-,21-17+,22-15+. The first kappa shape index (κ1) is 23.5. The van der Waals surface area contributed by atoms with Gasteiger partial charge >= 0.3 is 0 Å². The van der Waals surface area contributed by atoms with E-state index in [-0.39, 0.29) is 0 Å². The van der Waals surface area contributed by atoms with Crippen LogP contribution in [0.2, 0.25) is 0 Å². The maximum Gasteiger partial charge on any atom is 0.159 e. The van der Waals surface area contributed by atoms with Gasteiger partial charge in [-0.3, -0.25) is 20.1 Å². The molecule has 40 heavy (non-hydrogen) atoms. The van der Waals surface area contributed by atoms with Crippen LogP contribution in [0.25, 0.3) is 50.4 Å². The minimum Gasteiger partial charge on any atom is -0.489 e. The second kappa shape index (κ2) is 10.3. The van der Waals surface area contributed by atoms with Gasteiger partial charge in [0.05, 0.1) is 28.6 Å². The first-order valence-electron chi connectivity index (χ1n) is 12.9. The maximum absolute atomic E-state index is 6.14. The number of nitrogens with one attached hydrogen (secondary N) is 3. The van der Waals surface area contributed by atoms with Crippen LogP contribution in [0.4, 0.5) is 0 Å². The molecule has 0 saturated carbocycles. The van der Waals surface area contributed by atoms with Gasteiger partial charge in [0.2, 0.25) is 0 Å². The maximum atomic E-state index is 6.14. The van der Waals surface area contributed by atoms with Crippen LogP contribution in [0.5, 0.6) is 0 Å². The van der Waals surface area contributed by atoms with Gasteiger partial charge in [-0.15, -0.1) is 0 Å². The number of allylic oxidation sites excluding steroid dienone is 3. The van der Waals surface area contributed by atoms with E-state index in [1.54, 1.807) is 18.6 Å². The van der Waals surface area contributed by atoms with Crippen molar-refractivity contribution in [1.82, 2.24) is 40.4 Å². The quantitative estimate of drug-likeness (QED) is 0.261. The first-order chi connectivity index (χ1) is 19.8. The Morgan fingerprint density at radius 2 is 1.77 bits per heavy atom. The lowest BCUT2D eigenvalue weighted by atomic mass is 10.1. The molecule has 6 heterocycles. The predicted octanol–water partition coefficient (Wildman–Crippen LogP) is 5.56. The van der Waals surface area contributed by atoms with Crippen molar-refractivity contribution in [2.45, 2.75) is 6.61 Å². The minimum atomic E-state index is 0.484. The predicted molar refractivity (Wildman–Crippen MR) is 154 cm³/mol. The lowest BCUT2D eigenvalue weighted by Crippen LogP contribution is -2.08. The molecule has 9 heteroatoms. The summed E-state index contributed by atoms with van der Waals surface area (Å²) >= 11 is 0. The molecule has 9 nitrogen and oxygen atoms in total. The van der Waals surface area contributed by atoms with Crippen LogP contribution in [-0.2, 0) is 11.3 Å². The Hall–Kier alpha value is -5.57. The number of fused-ring (bicyclic) bond motifs is 2. The summed E-state index contributed by atoms with van der Waals surface area (Å²) in [4.78, 5) is 22.0. The number of hydrogen-bond acceptors (Lipinski definition) is 7. The molecule has 0 unspecified atom stereocenters. The van der Waals surface area contributed by atoms with Gasteiger partial charge in [0.1, 0.15) is 29.3 Å². The Kier molecular flexibility index (Phi) is 6.06. The number of aromatic amines is 2. The van der Waals surface area contributed by atoms with Crippen molar-refractivity contribution in [2.75, 3.05) is 6.54 Å². The van der Waals surface area contributed by atoms with Crippen molar-refractivity contribution in [1.29, 1.82) is 0 Å². The van der Waals surface area contributed by atoms with Crippen molar-refractivity contribution in [3.8, 4) is 22.9 Å². The van der Waals surface area contributed by atoms with E-state index in [2.05, 4.69) is 42.6 Å². The molecule has 1 aromatic carbocycles. The van der Waals surface area contributed by atoms with E-state index < -0.39 is 0 Å². The van der Waals surface area contributed by atoms with E-state index in [0.29, 0.717) is 24.7 Å². The summed E-state index contributed by atoms with van der Waals surface area (Å²) in [7, 11) is 0. The molecule has 1 aliphatic rings. The number of aromatic nitrogens is 7. The highest BCUT2D eigenvalue weighted by Crippen LogP contribution is 2.31. The molecule has 0 saturated heterocycles. The van der Waals surface area contributed by atoms with E-state index in [9.17, 15) is 0 Å². The summed E-state index contributed by atoms with van der Waals surface area (Å²) in [5, 5.41) is 11.9. The molecule has 0 spiro atoms. The molecule has 3 N–H and O–H groups in total. The van der Waals surface area contributed by atoms with Gasteiger partial charge < -0.3 is 15.0 Å². The molecule has 0 aliphatic carbocycles. The molecule has 5 aromatic heterocycles. The van der Waals surface area contributed by atoms with Crippen molar-refractivity contribution in [2.24, 2.45) is 0 Å². The third-order valence-electron chi connectivity index (χ3n) is 6.60. The fraction of sp³-hybridized carbons (Fsp3) is 0.0645. The molecule has 7 rings (SSSR count). The molecule has 0 amide bonds. The molecule has 6 aromatic rings. The van der Waals surface area contributed by atoms with Crippen molar-refractivity contribution in [3.05, 3.63) is 121 Å². The van der Waals surface area contributed by atoms with Gasteiger partial charge in [0, 0.05) is 36.1 Å². The number of nitrogens with zero attached hydrogens (tertiary/aromatic N) is 5. The van der Waals surface area contributed by atoms with Gasteiger partial charge in [-0.25, -0.2) is 4.98 Å². The van der Waals surface area contributed by atoms with Gasteiger partial charge in [0.25, 0.3) is 0 Å². The third kappa shape index (κ3) is 4.60. The van der Waals surface area contributed by atoms with E-state index in [4.69, 9.17) is 14.7 Å². The SMILES string of the molecule is C1=C/C(OCc2ccccc2)=C\C(c2cc3c(-c4nc5c(-c6ccccn6)nccc5[nH]4)n[nH]c3cn2)=C/NC\1. The minimum absolute atomic E-state index is 0.484. The number of ether oxygens (including phenoxy) is 1.